The number of hydrogen-bond donors (Lipinski definition) is 0. The minimum absolute atomic E-state index is 0.147. The zero-order chi connectivity index (χ0) is 12.6. The fourth-order valence-electron chi connectivity index (χ4n) is 1.92. The van der Waals surface area contributed by atoms with E-state index in [0.29, 0.717) is 5.56 Å². The summed E-state index contributed by atoms with van der Waals surface area (Å²) in [6, 6.07) is 1.68. The maximum Gasteiger partial charge on any atom is 0.232 e. The van der Waals surface area contributed by atoms with Gasteiger partial charge in [-0.15, -0.1) is 0 Å². The Morgan fingerprint density at radius 2 is 2.18 bits per heavy atom. The zero-order valence-electron chi connectivity index (χ0n) is 9.84. The van der Waals surface area contributed by atoms with Crippen LogP contribution < -0.4 is 0 Å². The number of rotatable bonds is 3. The summed E-state index contributed by atoms with van der Waals surface area (Å²) in [5, 5.41) is 0. The third-order valence-corrected chi connectivity index (χ3v) is 2.93. The van der Waals surface area contributed by atoms with Gasteiger partial charge in [-0.05, 0) is 6.07 Å². The van der Waals surface area contributed by atoms with Gasteiger partial charge in [0.25, 0.3) is 0 Å². The maximum absolute atomic E-state index is 11.9. The summed E-state index contributed by atoms with van der Waals surface area (Å²) in [5.74, 6) is -1.02. The molecule has 0 aromatic carbocycles. The Kier molecular flexibility index (Phi) is 2.83. The van der Waals surface area contributed by atoms with Crippen LogP contribution in [0.15, 0.2) is 18.5 Å². The average molecular weight is 234 g/mol. The van der Waals surface area contributed by atoms with Gasteiger partial charge in [0.15, 0.2) is 5.78 Å². The normalized spacial score (nSPS) is 20.1. The first kappa shape index (κ1) is 11.6. The number of Topliss-reactive ketones (excluding diaryl/α,β-unsaturated/α-hetero) is 1. The third kappa shape index (κ3) is 2.13. The molecule has 2 rings (SSSR count). The highest BCUT2D eigenvalue weighted by Crippen LogP contribution is 2.19. The topological polar surface area (TPSA) is 59.4 Å². The first-order valence-electron chi connectivity index (χ1n) is 5.48. The number of ketones is 1. The van der Waals surface area contributed by atoms with E-state index in [-0.39, 0.29) is 36.5 Å². The van der Waals surface area contributed by atoms with Crippen LogP contribution in [0.25, 0.3) is 0 Å². The van der Waals surface area contributed by atoms with Crippen molar-refractivity contribution in [1.82, 2.24) is 9.47 Å². The van der Waals surface area contributed by atoms with Gasteiger partial charge in [-0.25, -0.2) is 0 Å². The minimum Gasteiger partial charge on any atom is -0.357 e. The number of nitrogens with zero attached hydrogens (tertiary/aromatic N) is 2. The number of carbonyl (C=O) groups excluding carboxylic acids is 3. The summed E-state index contributed by atoms with van der Waals surface area (Å²) in [6.45, 7) is 1.55. The number of imide groups is 1. The van der Waals surface area contributed by atoms with Crippen LogP contribution in [0.5, 0.6) is 0 Å². The number of amides is 2. The highest BCUT2D eigenvalue weighted by molar-refractivity contribution is 6.08. The van der Waals surface area contributed by atoms with Crippen molar-refractivity contribution in [3.05, 3.63) is 24.0 Å². The van der Waals surface area contributed by atoms with Crippen molar-refractivity contribution in [2.75, 3.05) is 6.54 Å². The van der Waals surface area contributed by atoms with E-state index in [1.165, 1.54) is 0 Å². The second kappa shape index (κ2) is 4.16. The SMILES string of the molecule is CC1CC(=O)N(CC(=O)c2ccn(C)c2)C1=O. The molecule has 1 aliphatic rings. The van der Waals surface area contributed by atoms with Crippen LogP contribution in [0.4, 0.5) is 0 Å². The zero-order valence-corrected chi connectivity index (χ0v) is 9.84. The van der Waals surface area contributed by atoms with Gasteiger partial charge in [-0.1, -0.05) is 6.92 Å². The molecule has 1 aliphatic heterocycles. The molecule has 1 aromatic rings. The Morgan fingerprint density at radius 1 is 1.47 bits per heavy atom. The second-order valence-corrected chi connectivity index (χ2v) is 4.41. The molecule has 0 aliphatic carbocycles. The quantitative estimate of drug-likeness (QED) is 0.568. The summed E-state index contributed by atoms with van der Waals surface area (Å²) in [6.07, 6.45) is 3.64. The van der Waals surface area contributed by atoms with E-state index < -0.39 is 0 Å². The van der Waals surface area contributed by atoms with Gasteiger partial charge in [0.2, 0.25) is 11.8 Å². The number of hydrogen-bond acceptors (Lipinski definition) is 3. The molecule has 17 heavy (non-hydrogen) atoms. The highest BCUT2D eigenvalue weighted by Gasteiger charge is 2.36. The fourth-order valence-corrected chi connectivity index (χ4v) is 1.92. The Morgan fingerprint density at radius 3 is 2.65 bits per heavy atom. The van der Waals surface area contributed by atoms with Crippen molar-refractivity contribution in [2.45, 2.75) is 13.3 Å². The van der Waals surface area contributed by atoms with Gasteiger partial charge in [0.1, 0.15) is 0 Å². The van der Waals surface area contributed by atoms with Gasteiger partial charge in [-0.3, -0.25) is 19.3 Å². The van der Waals surface area contributed by atoms with E-state index in [4.69, 9.17) is 0 Å². The molecule has 0 bridgehead atoms. The van der Waals surface area contributed by atoms with E-state index in [9.17, 15) is 14.4 Å². The highest BCUT2D eigenvalue weighted by atomic mass is 16.2. The van der Waals surface area contributed by atoms with Gasteiger partial charge < -0.3 is 4.57 Å². The molecule has 90 valence electrons. The molecule has 0 spiro atoms. The minimum atomic E-state index is -0.300. The molecule has 0 radical (unpaired) electrons. The first-order chi connectivity index (χ1) is 7.99. The summed E-state index contributed by atoms with van der Waals surface area (Å²) in [7, 11) is 1.81. The molecule has 5 heteroatoms. The standard InChI is InChI=1S/C12H14N2O3/c1-8-5-11(16)14(12(8)17)7-10(15)9-3-4-13(2)6-9/h3-4,6,8H,5,7H2,1-2H3. The smallest absolute Gasteiger partial charge is 0.232 e. The molecule has 1 saturated heterocycles. The van der Waals surface area contributed by atoms with Crippen molar-refractivity contribution >= 4 is 17.6 Å². The number of aromatic nitrogens is 1. The van der Waals surface area contributed by atoms with Gasteiger partial charge >= 0.3 is 0 Å². The molecule has 1 aromatic heterocycles. The first-order valence-corrected chi connectivity index (χ1v) is 5.48. The van der Waals surface area contributed by atoms with Gasteiger partial charge in [0.05, 0.1) is 6.54 Å². The molecule has 0 saturated carbocycles. The molecule has 1 fully saturated rings. The Bertz CT molecular complexity index is 490. The van der Waals surface area contributed by atoms with E-state index >= 15 is 0 Å². The molecule has 2 amide bonds. The Balaban J connectivity index is 2.09. The van der Waals surface area contributed by atoms with Crippen molar-refractivity contribution in [2.24, 2.45) is 13.0 Å². The lowest BCUT2D eigenvalue weighted by molar-refractivity contribution is -0.138. The van der Waals surface area contributed by atoms with E-state index in [1.807, 2.05) is 7.05 Å². The molecule has 1 atom stereocenters. The lowest BCUT2D eigenvalue weighted by Crippen LogP contribution is -2.35. The van der Waals surface area contributed by atoms with Crippen molar-refractivity contribution < 1.29 is 14.4 Å². The number of likely N-dealkylation sites (tertiary alicyclic amines) is 1. The van der Waals surface area contributed by atoms with Crippen LogP contribution in [0.3, 0.4) is 0 Å². The summed E-state index contributed by atoms with van der Waals surface area (Å²) in [5.41, 5.74) is 0.521. The van der Waals surface area contributed by atoms with E-state index in [0.717, 1.165) is 4.90 Å². The van der Waals surface area contributed by atoms with Crippen LogP contribution in [0.2, 0.25) is 0 Å². The molecule has 2 heterocycles. The van der Waals surface area contributed by atoms with Crippen LogP contribution >= 0.6 is 0 Å². The van der Waals surface area contributed by atoms with Crippen molar-refractivity contribution in [3.63, 3.8) is 0 Å². The molecular formula is C12H14N2O3. The van der Waals surface area contributed by atoms with E-state index in [1.54, 1.807) is 30.0 Å². The van der Waals surface area contributed by atoms with E-state index in [2.05, 4.69) is 0 Å². The predicted octanol–water partition coefficient (Wildman–Crippen LogP) is 0.603. The van der Waals surface area contributed by atoms with Gasteiger partial charge in [0, 0.05) is 37.3 Å². The average Bonchev–Trinajstić information content (AvgIpc) is 2.79. The monoisotopic (exact) mass is 234 g/mol. The van der Waals surface area contributed by atoms with Crippen LogP contribution in [0, 0.1) is 5.92 Å². The second-order valence-electron chi connectivity index (χ2n) is 4.41. The van der Waals surface area contributed by atoms with Crippen LogP contribution in [-0.4, -0.2) is 33.6 Å². The van der Waals surface area contributed by atoms with Gasteiger partial charge in [-0.2, -0.15) is 0 Å². The Labute approximate surface area is 99.0 Å². The fraction of sp³-hybridized carbons (Fsp3) is 0.417. The largest absolute Gasteiger partial charge is 0.357 e. The summed E-state index contributed by atoms with van der Waals surface area (Å²) < 4.78 is 1.75. The van der Waals surface area contributed by atoms with Crippen molar-refractivity contribution in [3.8, 4) is 0 Å². The maximum atomic E-state index is 11.9. The Hall–Kier alpha value is -1.91. The molecule has 1 unspecified atom stereocenters. The lowest BCUT2D eigenvalue weighted by atomic mass is 10.1. The summed E-state index contributed by atoms with van der Waals surface area (Å²) >= 11 is 0. The molecular weight excluding hydrogens is 220 g/mol. The van der Waals surface area contributed by atoms with Crippen molar-refractivity contribution in [1.29, 1.82) is 0 Å². The lowest BCUT2D eigenvalue weighted by Gasteiger charge is -2.12. The molecule has 5 nitrogen and oxygen atoms in total. The van der Waals surface area contributed by atoms with Crippen LogP contribution in [0.1, 0.15) is 23.7 Å². The number of carbonyl (C=O) groups is 3. The summed E-state index contributed by atoms with van der Waals surface area (Å²) in [4.78, 5) is 36.1. The predicted molar refractivity (Wildman–Crippen MR) is 60.2 cm³/mol. The van der Waals surface area contributed by atoms with Crippen LogP contribution in [-0.2, 0) is 16.6 Å². The third-order valence-electron chi connectivity index (χ3n) is 2.93. The number of aryl methyl sites for hydroxylation is 1. The molecule has 0 N–H and O–H groups in total.